The summed E-state index contributed by atoms with van der Waals surface area (Å²) in [7, 11) is 0. The summed E-state index contributed by atoms with van der Waals surface area (Å²) < 4.78 is 0. The molecule has 3 heterocycles. The Morgan fingerprint density at radius 1 is 0.181 bits per heavy atom. The molecule has 13 rings (SSSR count). The molecule has 0 fully saturated rings. The van der Waals surface area contributed by atoms with Crippen molar-refractivity contribution < 1.29 is 0 Å². The second kappa shape index (κ2) is 18.3. The summed E-state index contributed by atoms with van der Waals surface area (Å²) in [5.41, 5.74) is 17.5. The van der Waals surface area contributed by atoms with Gasteiger partial charge in [-0.15, -0.1) is 0 Å². The zero-order chi connectivity index (χ0) is 47.8. The summed E-state index contributed by atoms with van der Waals surface area (Å²) in [6.07, 6.45) is 0. The maximum Gasteiger partial charge on any atom is 0.160 e. The topological polar surface area (TPSA) is 77.3 Å². The first kappa shape index (κ1) is 42.3. The summed E-state index contributed by atoms with van der Waals surface area (Å²) in [6, 6.07) is 88.3. The van der Waals surface area contributed by atoms with Crippen LogP contribution in [0.25, 0.3) is 134 Å². The maximum absolute atomic E-state index is 5.39. The molecule has 0 saturated heterocycles. The van der Waals surface area contributed by atoms with Crippen LogP contribution in [0.5, 0.6) is 0 Å². The van der Waals surface area contributed by atoms with E-state index in [0.717, 1.165) is 117 Å². The fourth-order valence-electron chi connectivity index (χ4n) is 9.97. The molecule has 0 atom stereocenters. The number of fused-ring (bicyclic) bond motifs is 3. The van der Waals surface area contributed by atoms with Crippen molar-refractivity contribution >= 4 is 32.7 Å². The van der Waals surface area contributed by atoms with Gasteiger partial charge < -0.3 is 0 Å². The summed E-state index contributed by atoms with van der Waals surface area (Å²) in [5.74, 6) is 2.05. The maximum atomic E-state index is 5.39. The number of nitrogens with zero attached hydrogens (tertiary/aromatic N) is 6. The van der Waals surface area contributed by atoms with E-state index in [0.29, 0.717) is 17.5 Å². The molecule has 13 aromatic rings. The van der Waals surface area contributed by atoms with Gasteiger partial charge in [-0.2, -0.15) is 0 Å². The highest BCUT2D eigenvalue weighted by Crippen LogP contribution is 2.47. The van der Waals surface area contributed by atoms with Crippen LogP contribution in [0.3, 0.4) is 0 Å². The molecule has 72 heavy (non-hydrogen) atoms. The number of hydrogen-bond donors (Lipinski definition) is 0. The summed E-state index contributed by atoms with van der Waals surface area (Å²) in [6.45, 7) is 0. The first-order chi connectivity index (χ1) is 35.7. The third kappa shape index (κ3) is 7.74. The molecule has 0 N–H and O–H groups in total. The molecule has 0 unspecified atom stereocenters. The van der Waals surface area contributed by atoms with Gasteiger partial charge in [0.15, 0.2) is 17.5 Å². The molecule has 0 bridgehead atoms. The lowest BCUT2D eigenvalue weighted by atomic mass is 9.83. The van der Waals surface area contributed by atoms with E-state index in [1.807, 2.05) is 72.8 Å². The predicted molar refractivity (Wildman–Crippen MR) is 295 cm³/mol. The zero-order valence-corrected chi connectivity index (χ0v) is 38.9. The highest BCUT2D eigenvalue weighted by atomic mass is 14.9. The molecule has 0 aliphatic carbocycles. The summed E-state index contributed by atoms with van der Waals surface area (Å²) in [4.78, 5) is 31.2. The predicted octanol–water partition coefficient (Wildman–Crippen LogP) is 16.5. The highest BCUT2D eigenvalue weighted by molar-refractivity contribution is 6.06. The Bertz CT molecular complexity index is 3960. The summed E-state index contributed by atoms with van der Waals surface area (Å²) >= 11 is 0. The van der Waals surface area contributed by atoms with Crippen LogP contribution in [-0.4, -0.2) is 29.9 Å². The standard InChI is InChI=1S/C66H42N6/c1-4-21-45(22-5-1)64-67-57-36-17-14-31-54(57)61(70-64)44-41-39-43(40-42-44)60-50(48-27-10-12-29-52(48)62-55-32-15-18-37-58(55)68-65(71-62)46-23-6-2-7-24-46)34-20-35-51(60)49-28-11-13-30-53(49)63-56-33-16-19-38-59(56)69-66(72-63)47-25-8-3-9-26-47/h1-42H. The summed E-state index contributed by atoms with van der Waals surface area (Å²) in [5, 5.41) is 2.95. The van der Waals surface area contributed by atoms with E-state index in [9.17, 15) is 0 Å². The van der Waals surface area contributed by atoms with Crippen molar-refractivity contribution in [2.24, 2.45) is 0 Å². The van der Waals surface area contributed by atoms with E-state index in [1.165, 1.54) is 0 Å². The molecular weight excluding hydrogens is 877 g/mol. The zero-order valence-electron chi connectivity index (χ0n) is 38.9. The van der Waals surface area contributed by atoms with E-state index in [2.05, 4.69) is 182 Å². The minimum absolute atomic E-state index is 0.678. The van der Waals surface area contributed by atoms with Crippen LogP contribution in [0.2, 0.25) is 0 Å². The van der Waals surface area contributed by atoms with Gasteiger partial charge in [0.1, 0.15) is 0 Å². The minimum Gasteiger partial charge on any atom is -0.228 e. The largest absolute Gasteiger partial charge is 0.228 e. The van der Waals surface area contributed by atoms with E-state index >= 15 is 0 Å². The SMILES string of the molecule is c1ccc(-c2nc(-c3ccc(-c4c(-c5ccccc5-c5nc(-c6ccccc6)nc6ccccc56)cccc4-c4ccccc4-c4nc(-c5ccccc5)nc5ccccc45)cc3)c3ccccc3n2)cc1. The normalized spacial score (nSPS) is 11.3. The molecule has 336 valence electrons. The minimum atomic E-state index is 0.678. The first-order valence-electron chi connectivity index (χ1n) is 24.1. The average molecular weight is 919 g/mol. The average Bonchev–Trinajstić information content (AvgIpc) is 3.47. The van der Waals surface area contributed by atoms with Gasteiger partial charge in [-0.3, -0.25) is 0 Å². The van der Waals surface area contributed by atoms with Gasteiger partial charge in [0, 0.05) is 49.5 Å². The number of para-hydroxylation sites is 3. The van der Waals surface area contributed by atoms with Gasteiger partial charge in [0.2, 0.25) is 0 Å². The molecule has 6 nitrogen and oxygen atoms in total. The molecule has 0 aliphatic heterocycles. The molecule has 0 amide bonds. The van der Waals surface area contributed by atoms with Crippen LogP contribution in [0, 0.1) is 0 Å². The Morgan fingerprint density at radius 2 is 0.486 bits per heavy atom. The molecular formula is C66H42N6. The fraction of sp³-hybridized carbons (Fsp3) is 0. The Labute approximate surface area is 416 Å². The third-order valence-corrected chi connectivity index (χ3v) is 13.4. The second-order valence-corrected chi connectivity index (χ2v) is 17.7. The van der Waals surface area contributed by atoms with Crippen LogP contribution in [0.1, 0.15) is 0 Å². The number of benzene rings is 10. The molecule has 6 heteroatoms. The molecule has 0 radical (unpaired) electrons. The van der Waals surface area contributed by atoms with Crippen molar-refractivity contribution in [3.05, 3.63) is 255 Å². The molecule has 0 spiro atoms. The van der Waals surface area contributed by atoms with Gasteiger partial charge in [-0.25, -0.2) is 29.9 Å². The van der Waals surface area contributed by atoms with Crippen molar-refractivity contribution in [3.8, 4) is 101 Å². The van der Waals surface area contributed by atoms with Gasteiger partial charge in [-0.1, -0.05) is 237 Å². The second-order valence-electron chi connectivity index (χ2n) is 17.7. The van der Waals surface area contributed by atoms with Crippen molar-refractivity contribution in [1.29, 1.82) is 0 Å². The van der Waals surface area contributed by atoms with E-state index in [4.69, 9.17) is 29.9 Å². The Balaban J connectivity index is 1.05. The smallest absolute Gasteiger partial charge is 0.160 e. The van der Waals surface area contributed by atoms with Gasteiger partial charge >= 0.3 is 0 Å². The molecule has 0 saturated carbocycles. The third-order valence-electron chi connectivity index (χ3n) is 13.4. The quantitative estimate of drug-likeness (QED) is 0.144. The van der Waals surface area contributed by atoms with Crippen LogP contribution < -0.4 is 0 Å². The number of rotatable bonds is 9. The lowest BCUT2D eigenvalue weighted by Gasteiger charge is -2.21. The van der Waals surface area contributed by atoms with Crippen molar-refractivity contribution in [2.45, 2.75) is 0 Å². The van der Waals surface area contributed by atoms with E-state index < -0.39 is 0 Å². The van der Waals surface area contributed by atoms with Gasteiger partial charge in [0.05, 0.1) is 33.6 Å². The lowest BCUT2D eigenvalue weighted by Crippen LogP contribution is -1.99. The van der Waals surface area contributed by atoms with E-state index in [1.54, 1.807) is 0 Å². The van der Waals surface area contributed by atoms with Crippen LogP contribution in [-0.2, 0) is 0 Å². The lowest BCUT2D eigenvalue weighted by molar-refractivity contribution is 1.23. The van der Waals surface area contributed by atoms with Crippen LogP contribution in [0.4, 0.5) is 0 Å². The van der Waals surface area contributed by atoms with Crippen LogP contribution in [0.15, 0.2) is 255 Å². The number of aromatic nitrogens is 6. The first-order valence-corrected chi connectivity index (χ1v) is 24.1. The van der Waals surface area contributed by atoms with Gasteiger partial charge in [0.25, 0.3) is 0 Å². The van der Waals surface area contributed by atoms with Gasteiger partial charge in [-0.05, 0) is 51.6 Å². The van der Waals surface area contributed by atoms with Crippen molar-refractivity contribution in [1.82, 2.24) is 29.9 Å². The fourth-order valence-corrected chi connectivity index (χ4v) is 9.97. The highest BCUT2D eigenvalue weighted by Gasteiger charge is 2.23. The van der Waals surface area contributed by atoms with Crippen molar-refractivity contribution in [2.75, 3.05) is 0 Å². The Kier molecular flexibility index (Phi) is 10.7. The molecule has 3 aromatic heterocycles. The van der Waals surface area contributed by atoms with Crippen LogP contribution >= 0.6 is 0 Å². The number of hydrogen-bond acceptors (Lipinski definition) is 6. The monoisotopic (exact) mass is 918 g/mol. The Morgan fingerprint density at radius 3 is 0.903 bits per heavy atom. The Hall–Kier alpha value is -9.78. The molecule has 10 aromatic carbocycles. The molecule has 0 aliphatic rings. The van der Waals surface area contributed by atoms with Crippen molar-refractivity contribution in [3.63, 3.8) is 0 Å². The van der Waals surface area contributed by atoms with E-state index in [-0.39, 0.29) is 0 Å².